The van der Waals surface area contributed by atoms with Crippen LogP contribution in [0.2, 0.25) is 0 Å². The van der Waals surface area contributed by atoms with E-state index in [2.05, 4.69) is 5.32 Å². The number of rotatable bonds is 4. The van der Waals surface area contributed by atoms with Gasteiger partial charge in [0.2, 0.25) is 5.91 Å². The predicted octanol–water partition coefficient (Wildman–Crippen LogP) is 4.07. The molecule has 0 aromatic heterocycles. The lowest BCUT2D eigenvalue weighted by atomic mass is 10.1. The van der Waals surface area contributed by atoms with Gasteiger partial charge in [0, 0.05) is 19.5 Å². The van der Waals surface area contributed by atoms with Crippen molar-refractivity contribution in [3.05, 3.63) is 60.2 Å². The second kappa shape index (κ2) is 7.16. The number of sulfonamides is 1. The molecule has 6 nitrogen and oxygen atoms in total. The van der Waals surface area contributed by atoms with Crippen molar-refractivity contribution < 1.29 is 26.4 Å². The number of hydrogen-bond donors (Lipinski definition) is 1. The molecule has 31 heavy (non-hydrogen) atoms. The van der Waals surface area contributed by atoms with E-state index >= 15 is 0 Å². The number of halogens is 3. The van der Waals surface area contributed by atoms with Gasteiger partial charge in [0.1, 0.15) is 6.54 Å². The number of alkyl halides is 3. The van der Waals surface area contributed by atoms with Crippen molar-refractivity contribution >= 4 is 43.8 Å². The summed E-state index contributed by atoms with van der Waals surface area (Å²) < 4.78 is 66.4. The molecule has 1 aliphatic heterocycles. The van der Waals surface area contributed by atoms with Gasteiger partial charge in [-0.05, 0) is 35.7 Å². The third-order valence-electron chi connectivity index (χ3n) is 5.05. The third-order valence-corrected chi connectivity index (χ3v) is 6.85. The van der Waals surface area contributed by atoms with Crippen LogP contribution in [0.25, 0.3) is 10.8 Å². The van der Waals surface area contributed by atoms with Gasteiger partial charge in [-0.25, -0.2) is 8.42 Å². The van der Waals surface area contributed by atoms with Crippen LogP contribution in [0.15, 0.2) is 59.5 Å². The zero-order valence-corrected chi connectivity index (χ0v) is 17.4. The minimum atomic E-state index is -4.58. The zero-order chi connectivity index (χ0) is 22.6. The summed E-state index contributed by atoms with van der Waals surface area (Å²) in [6.45, 7) is -0.570. The van der Waals surface area contributed by atoms with Gasteiger partial charge in [-0.15, -0.1) is 0 Å². The van der Waals surface area contributed by atoms with Crippen molar-refractivity contribution in [2.24, 2.45) is 0 Å². The van der Waals surface area contributed by atoms with Crippen LogP contribution in [0.3, 0.4) is 0 Å². The second-order valence-corrected chi connectivity index (χ2v) is 9.15. The van der Waals surface area contributed by atoms with E-state index in [0.29, 0.717) is 22.1 Å². The molecule has 0 spiro atoms. The van der Waals surface area contributed by atoms with E-state index in [1.165, 1.54) is 12.1 Å². The van der Waals surface area contributed by atoms with Gasteiger partial charge in [0.15, 0.2) is 0 Å². The number of amides is 1. The van der Waals surface area contributed by atoms with E-state index in [1.54, 1.807) is 49.3 Å². The van der Waals surface area contributed by atoms with Crippen LogP contribution in [0.1, 0.15) is 5.56 Å². The van der Waals surface area contributed by atoms with Crippen molar-refractivity contribution in [3.8, 4) is 0 Å². The Kier molecular flexibility index (Phi) is 4.84. The van der Waals surface area contributed by atoms with E-state index in [1.807, 2.05) is 0 Å². The van der Waals surface area contributed by atoms with Crippen LogP contribution >= 0.6 is 0 Å². The Morgan fingerprint density at radius 2 is 1.74 bits per heavy atom. The number of carbonyl (C=O) groups excluding carboxylic acids is 1. The summed E-state index contributed by atoms with van der Waals surface area (Å²) in [5.41, 5.74) is -0.257. The molecule has 10 heteroatoms. The Hall–Kier alpha value is -3.27. The van der Waals surface area contributed by atoms with Gasteiger partial charge in [-0.2, -0.15) is 13.2 Å². The highest BCUT2D eigenvalue weighted by molar-refractivity contribution is 7.93. The van der Waals surface area contributed by atoms with Crippen LogP contribution in [-0.4, -0.2) is 35.0 Å². The van der Waals surface area contributed by atoms with Gasteiger partial charge in [0.25, 0.3) is 10.0 Å². The average molecular weight is 449 g/mol. The van der Waals surface area contributed by atoms with Crippen molar-refractivity contribution in [3.63, 3.8) is 0 Å². The molecular formula is C21H18F3N3O3S. The molecule has 0 aliphatic carbocycles. The predicted molar refractivity (Wildman–Crippen MR) is 113 cm³/mol. The van der Waals surface area contributed by atoms with Crippen LogP contribution < -0.4 is 14.5 Å². The van der Waals surface area contributed by atoms with E-state index in [9.17, 15) is 26.4 Å². The van der Waals surface area contributed by atoms with Gasteiger partial charge in [-0.1, -0.05) is 24.3 Å². The first-order valence-corrected chi connectivity index (χ1v) is 10.7. The third kappa shape index (κ3) is 3.56. The molecule has 0 saturated heterocycles. The molecular weight excluding hydrogens is 431 g/mol. The standard InChI is InChI=1S/C21H18F3N3O3S/c1-26(2)16-10-9-14(21(22,23)24)11-15(16)25-19(28)12-27-17-7-3-5-13-6-4-8-18(20(13)17)31(27,29)30/h3-11H,12H2,1-2H3,(H,25,28). The van der Waals surface area contributed by atoms with Crippen LogP contribution in [0.4, 0.5) is 30.2 Å². The van der Waals surface area contributed by atoms with Gasteiger partial charge < -0.3 is 10.2 Å². The molecule has 1 aliphatic rings. The van der Waals surface area contributed by atoms with E-state index in [0.717, 1.165) is 16.4 Å². The fraction of sp³-hybridized carbons (Fsp3) is 0.190. The number of hydrogen-bond acceptors (Lipinski definition) is 4. The molecule has 1 amide bonds. The number of nitrogens with one attached hydrogen (secondary N) is 1. The highest BCUT2D eigenvalue weighted by Crippen LogP contribution is 2.42. The molecule has 0 saturated carbocycles. The topological polar surface area (TPSA) is 69.7 Å². The fourth-order valence-electron chi connectivity index (χ4n) is 3.65. The minimum Gasteiger partial charge on any atom is -0.376 e. The van der Waals surface area contributed by atoms with E-state index in [4.69, 9.17) is 0 Å². The van der Waals surface area contributed by atoms with Crippen LogP contribution in [0.5, 0.6) is 0 Å². The summed E-state index contributed by atoms with van der Waals surface area (Å²) in [5.74, 6) is -0.754. The molecule has 3 aromatic rings. The average Bonchev–Trinajstić information content (AvgIpc) is 2.90. The Bertz CT molecular complexity index is 1300. The van der Waals surface area contributed by atoms with Crippen molar-refractivity contribution in [2.75, 3.05) is 35.2 Å². The number of anilines is 3. The molecule has 4 rings (SSSR count). The summed E-state index contributed by atoms with van der Waals surface area (Å²) in [6.07, 6.45) is -4.58. The lowest BCUT2D eigenvalue weighted by Gasteiger charge is -2.22. The monoisotopic (exact) mass is 449 g/mol. The first-order chi connectivity index (χ1) is 14.5. The van der Waals surface area contributed by atoms with Gasteiger partial charge in [0.05, 0.1) is 27.5 Å². The highest BCUT2D eigenvalue weighted by Gasteiger charge is 2.37. The molecule has 3 aromatic carbocycles. The lowest BCUT2D eigenvalue weighted by Crippen LogP contribution is -2.35. The summed E-state index contributed by atoms with van der Waals surface area (Å²) in [4.78, 5) is 14.4. The van der Waals surface area contributed by atoms with Gasteiger partial charge in [-0.3, -0.25) is 9.10 Å². The van der Waals surface area contributed by atoms with Crippen molar-refractivity contribution in [1.29, 1.82) is 0 Å². The molecule has 162 valence electrons. The number of nitrogens with zero attached hydrogens (tertiary/aromatic N) is 2. The molecule has 1 heterocycles. The molecule has 1 N–H and O–H groups in total. The van der Waals surface area contributed by atoms with Crippen molar-refractivity contribution in [2.45, 2.75) is 11.1 Å². The minimum absolute atomic E-state index is 0.0582. The second-order valence-electron chi connectivity index (χ2n) is 7.32. The Labute approximate surface area is 176 Å². The maximum Gasteiger partial charge on any atom is 0.416 e. The molecule has 0 radical (unpaired) electrons. The van der Waals surface area contributed by atoms with Crippen LogP contribution in [0, 0.1) is 0 Å². The molecule has 0 atom stereocenters. The largest absolute Gasteiger partial charge is 0.416 e. The zero-order valence-electron chi connectivity index (χ0n) is 16.6. The van der Waals surface area contributed by atoms with Gasteiger partial charge >= 0.3 is 6.18 Å². The Morgan fingerprint density at radius 1 is 1.06 bits per heavy atom. The quantitative estimate of drug-likeness (QED) is 0.652. The number of benzene rings is 3. The Morgan fingerprint density at radius 3 is 2.39 bits per heavy atom. The normalized spacial score (nSPS) is 14.7. The Balaban J connectivity index is 1.67. The lowest BCUT2D eigenvalue weighted by molar-refractivity contribution is -0.137. The summed E-state index contributed by atoms with van der Waals surface area (Å²) in [5, 5.41) is 3.68. The van der Waals surface area contributed by atoms with Crippen LogP contribution in [-0.2, 0) is 21.0 Å². The molecule has 0 bridgehead atoms. The maximum atomic E-state index is 13.1. The smallest absolute Gasteiger partial charge is 0.376 e. The SMILES string of the molecule is CN(C)c1ccc(C(F)(F)F)cc1NC(=O)CN1c2cccc3cccc(c23)S1(=O)=O. The first-order valence-electron chi connectivity index (χ1n) is 9.23. The summed E-state index contributed by atoms with van der Waals surface area (Å²) >= 11 is 0. The number of carbonyl (C=O) groups is 1. The van der Waals surface area contributed by atoms with E-state index < -0.39 is 34.2 Å². The van der Waals surface area contributed by atoms with Crippen molar-refractivity contribution in [1.82, 2.24) is 0 Å². The fourth-order valence-corrected chi connectivity index (χ4v) is 5.32. The summed E-state index contributed by atoms with van der Waals surface area (Å²) in [6, 6.07) is 12.9. The summed E-state index contributed by atoms with van der Waals surface area (Å²) in [7, 11) is -0.711. The maximum absolute atomic E-state index is 13.1. The van der Waals surface area contributed by atoms with E-state index in [-0.39, 0.29) is 10.6 Å². The highest BCUT2D eigenvalue weighted by atomic mass is 32.2. The first kappa shape index (κ1) is 21.0. The molecule has 0 unspecified atom stereocenters. The molecule has 0 fully saturated rings.